The summed E-state index contributed by atoms with van der Waals surface area (Å²) in [6.07, 6.45) is 3.55. The van der Waals surface area contributed by atoms with Crippen LogP contribution in [0.2, 0.25) is 0 Å². The maximum absolute atomic E-state index is 13.0. The predicted molar refractivity (Wildman–Crippen MR) is 104 cm³/mol. The van der Waals surface area contributed by atoms with Crippen molar-refractivity contribution in [3.63, 3.8) is 0 Å². The SMILES string of the molecule is CC(C)[C@H](NC(=O)c1ccc(F)cc1)C(=O)OCc1cn2ccccc2c1C#N. The first-order valence-corrected chi connectivity index (χ1v) is 9.12. The smallest absolute Gasteiger partial charge is 0.329 e. The van der Waals surface area contributed by atoms with Crippen molar-refractivity contribution in [1.29, 1.82) is 5.26 Å². The molecular weight excluding hydrogens is 373 g/mol. The second-order valence-corrected chi connectivity index (χ2v) is 6.94. The number of rotatable bonds is 6. The summed E-state index contributed by atoms with van der Waals surface area (Å²) < 4.78 is 20.2. The van der Waals surface area contributed by atoms with E-state index in [0.29, 0.717) is 11.1 Å². The minimum Gasteiger partial charge on any atom is -0.459 e. The highest BCUT2D eigenvalue weighted by Gasteiger charge is 2.26. The molecule has 2 aromatic heterocycles. The van der Waals surface area contributed by atoms with Crippen LogP contribution in [0.15, 0.2) is 54.9 Å². The van der Waals surface area contributed by atoms with Crippen molar-refractivity contribution in [2.24, 2.45) is 5.92 Å². The van der Waals surface area contributed by atoms with Crippen LogP contribution < -0.4 is 5.32 Å². The minimum absolute atomic E-state index is 0.0843. The van der Waals surface area contributed by atoms with Gasteiger partial charge in [-0.1, -0.05) is 19.9 Å². The average molecular weight is 393 g/mol. The third-order valence-corrected chi connectivity index (χ3v) is 4.56. The van der Waals surface area contributed by atoms with Gasteiger partial charge < -0.3 is 14.5 Å². The molecule has 29 heavy (non-hydrogen) atoms. The van der Waals surface area contributed by atoms with Gasteiger partial charge in [-0.15, -0.1) is 0 Å². The Kier molecular flexibility index (Phi) is 5.93. The molecule has 1 amide bonds. The van der Waals surface area contributed by atoms with E-state index >= 15 is 0 Å². The first-order chi connectivity index (χ1) is 13.9. The van der Waals surface area contributed by atoms with Crippen LogP contribution in [0.3, 0.4) is 0 Å². The molecule has 2 heterocycles. The highest BCUT2D eigenvalue weighted by molar-refractivity contribution is 5.96. The van der Waals surface area contributed by atoms with E-state index in [2.05, 4.69) is 11.4 Å². The van der Waals surface area contributed by atoms with Gasteiger partial charge in [0, 0.05) is 23.5 Å². The van der Waals surface area contributed by atoms with E-state index in [1.807, 2.05) is 18.2 Å². The molecule has 1 atom stereocenters. The van der Waals surface area contributed by atoms with Crippen molar-refractivity contribution >= 4 is 17.4 Å². The van der Waals surface area contributed by atoms with Gasteiger partial charge in [0.2, 0.25) is 0 Å². The fraction of sp³-hybridized carbons (Fsp3) is 0.227. The summed E-state index contributed by atoms with van der Waals surface area (Å²) in [5.41, 5.74) is 2.00. The summed E-state index contributed by atoms with van der Waals surface area (Å²) in [5, 5.41) is 12.1. The summed E-state index contributed by atoms with van der Waals surface area (Å²) in [7, 11) is 0. The largest absolute Gasteiger partial charge is 0.459 e. The zero-order chi connectivity index (χ0) is 21.0. The first kappa shape index (κ1) is 20.1. The molecular formula is C22H20FN3O3. The number of esters is 1. The number of nitriles is 1. The second kappa shape index (κ2) is 8.57. The number of hydrogen-bond donors (Lipinski definition) is 1. The molecule has 0 bridgehead atoms. The van der Waals surface area contributed by atoms with Crippen LogP contribution >= 0.6 is 0 Å². The minimum atomic E-state index is -0.880. The molecule has 0 fully saturated rings. The van der Waals surface area contributed by atoms with Gasteiger partial charge in [0.15, 0.2) is 0 Å². The van der Waals surface area contributed by atoms with E-state index in [1.54, 1.807) is 30.6 Å². The Morgan fingerprint density at radius 1 is 1.21 bits per heavy atom. The van der Waals surface area contributed by atoms with Crippen LogP contribution in [0.25, 0.3) is 5.52 Å². The Labute approximate surface area is 167 Å². The van der Waals surface area contributed by atoms with E-state index in [1.165, 1.54) is 24.3 Å². The molecule has 3 aromatic rings. The van der Waals surface area contributed by atoms with Gasteiger partial charge in [-0.05, 0) is 42.3 Å². The normalized spacial score (nSPS) is 11.8. The van der Waals surface area contributed by atoms with Crippen molar-refractivity contribution in [1.82, 2.24) is 9.72 Å². The monoisotopic (exact) mass is 393 g/mol. The van der Waals surface area contributed by atoms with E-state index in [0.717, 1.165) is 5.52 Å². The molecule has 7 heteroatoms. The Hall–Kier alpha value is -3.66. The third kappa shape index (κ3) is 4.43. The van der Waals surface area contributed by atoms with Gasteiger partial charge in [0.05, 0.1) is 11.1 Å². The highest BCUT2D eigenvalue weighted by atomic mass is 19.1. The Morgan fingerprint density at radius 2 is 1.93 bits per heavy atom. The summed E-state index contributed by atoms with van der Waals surface area (Å²) in [4.78, 5) is 25.0. The number of hydrogen-bond acceptors (Lipinski definition) is 4. The van der Waals surface area contributed by atoms with Crippen LogP contribution in [0.1, 0.15) is 35.3 Å². The first-order valence-electron chi connectivity index (χ1n) is 9.12. The van der Waals surface area contributed by atoms with Crippen molar-refractivity contribution < 1.29 is 18.7 Å². The summed E-state index contributed by atoms with van der Waals surface area (Å²) in [6, 6.07) is 11.8. The molecule has 0 spiro atoms. The van der Waals surface area contributed by atoms with Crippen LogP contribution in [0.4, 0.5) is 4.39 Å². The Morgan fingerprint density at radius 3 is 2.59 bits per heavy atom. The lowest BCUT2D eigenvalue weighted by Crippen LogP contribution is -2.45. The second-order valence-electron chi connectivity index (χ2n) is 6.94. The number of pyridine rings is 1. The Bertz CT molecular complexity index is 1080. The van der Waals surface area contributed by atoms with Gasteiger partial charge in [-0.2, -0.15) is 5.26 Å². The molecule has 1 N–H and O–H groups in total. The number of halogens is 1. The fourth-order valence-electron chi connectivity index (χ4n) is 2.98. The number of carbonyl (C=O) groups is 2. The van der Waals surface area contributed by atoms with E-state index in [4.69, 9.17) is 4.74 Å². The summed E-state index contributed by atoms with van der Waals surface area (Å²) >= 11 is 0. The maximum Gasteiger partial charge on any atom is 0.329 e. The lowest BCUT2D eigenvalue weighted by Gasteiger charge is -2.21. The molecule has 0 saturated carbocycles. The van der Waals surface area contributed by atoms with Crippen molar-refractivity contribution in [3.05, 3.63) is 77.4 Å². The zero-order valence-electron chi connectivity index (χ0n) is 16.1. The summed E-state index contributed by atoms with van der Waals surface area (Å²) in [5.74, 6) is -1.77. The van der Waals surface area contributed by atoms with Crippen LogP contribution in [-0.4, -0.2) is 22.3 Å². The fourth-order valence-corrected chi connectivity index (χ4v) is 2.98. The number of aromatic nitrogens is 1. The topological polar surface area (TPSA) is 83.6 Å². The predicted octanol–water partition coefficient (Wildman–Crippen LogP) is 3.45. The van der Waals surface area contributed by atoms with Gasteiger partial charge in [0.1, 0.15) is 24.5 Å². The molecule has 1 aromatic carbocycles. The van der Waals surface area contributed by atoms with Gasteiger partial charge in [-0.3, -0.25) is 4.79 Å². The molecule has 0 aliphatic carbocycles. The van der Waals surface area contributed by atoms with Crippen molar-refractivity contribution in [3.8, 4) is 6.07 Å². The number of ether oxygens (including phenoxy) is 1. The Balaban J connectivity index is 1.71. The number of nitrogens with zero attached hydrogens (tertiary/aromatic N) is 2. The van der Waals surface area contributed by atoms with Gasteiger partial charge in [-0.25, -0.2) is 9.18 Å². The van der Waals surface area contributed by atoms with E-state index in [-0.39, 0.29) is 18.1 Å². The standard InChI is InChI=1S/C22H20FN3O3/c1-14(2)20(25-21(27)15-6-8-17(23)9-7-15)22(28)29-13-16-12-26-10-4-3-5-19(26)18(16)11-24/h3-10,12,14,20H,13H2,1-2H3,(H,25,27)/t20-/m0/s1. The molecule has 0 aliphatic heterocycles. The lowest BCUT2D eigenvalue weighted by atomic mass is 10.0. The number of carbonyl (C=O) groups excluding carboxylic acids is 2. The quantitative estimate of drug-likeness (QED) is 0.650. The molecule has 0 radical (unpaired) electrons. The maximum atomic E-state index is 13.0. The summed E-state index contributed by atoms with van der Waals surface area (Å²) in [6.45, 7) is 3.48. The average Bonchev–Trinajstić information content (AvgIpc) is 3.07. The van der Waals surface area contributed by atoms with Crippen molar-refractivity contribution in [2.75, 3.05) is 0 Å². The van der Waals surface area contributed by atoms with Crippen LogP contribution in [-0.2, 0) is 16.1 Å². The molecule has 6 nitrogen and oxygen atoms in total. The molecule has 0 unspecified atom stereocenters. The van der Waals surface area contributed by atoms with Crippen LogP contribution in [0, 0.1) is 23.1 Å². The zero-order valence-corrected chi connectivity index (χ0v) is 16.1. The highest BCUT2D eigenvalue weighted by Crippen LogP contribution is 2.19. The van der Waals surface area contributed by atoms with Gasteiger partial charge >= 0.3 is 5.97 Å². The van der Waals surface area contributed by atoms with Crippen molar-refractivity contribution in [2.45, 2.75) is 26.5 Å². The number of benzene rings is 1. The molecule has 0 saturated heterocycles. The molecule has 3 rings (SSSR count). The number of fused-ring (bicyclic) bond motifs is 1. The molecule has 148 valence electrons. The van der Waals surface area contributed by atoms with Gasteiger partial charge in [0.25, 0.3) is 5.91 Å². The number of amides is 1. The lowest BCUT2D eigenvalue weighted by molar-refractivity contribution is -0.148. The number of nitrogens with one attached hydrogen (secondary N) is 1. The van der Waals surface area contributed by atoms with Crippen LogP contribution in [0.5, 0.6) is 0 Å². The third-order valence-electron chi connectivity index (χ3n) is 4.56. The molecule has 0 aliphatic rings. The van der Waals surface area contributed by atoms with E-state index < -0.39 is 23.7 Å². The van der Waals surface area contributed by atoms with E-state index in [9.17, 15) is 19.2 Å².